The van der Waals surface area contributed by atoms with E-state index in [4.69, 9.17) is 34.8 Å². The number of aryl methyl sites for hydroxylation is 2. The highest BCUT2D eigenvalue weighted by Crippen LogP contribution is 2.30. The van der Waals surface area contributed by atoms with Crippen LogP contribution in [0.4, 0.5) is 5.69 Å². The lowest BCUT2D eigenvalue weighted by atomic mass is 10.0. The topological polar surface area (TPSA) is 86.8 Å². The van der Waals surface area contributed by atoms with Crippen molar-refractivity contribution in [3.05, 3.63) is 128 Å². The third kappa shape index (κ3) is 8.82. The Morgan fingerprint density at radius 3 is 2.09 bits per heavy atom. The molecule has 11 heteroatoms. The number of benzene rings is 4. The molecule has 0 aliphatic heterocycles. The van der Waals surface area contributed by atoms with Crippen molar-refractivity contribution in [3.8, 4) is 0 Å². The van der Waals surface area contributed by atoms with Crippen LogP contribution in [-0.4, -0.2) is 43.8 Å². The molecule has 4 aromatic carbocycles. The highest BCUT2D eigenvalue weighted by molar-refractivity contribution is 7.92. The third-order valence-corrected chi connectivity index (χ3v) is 10.1. The van der Waals surface area contributed by atoms with Crippen molar-refractivity contribution in [2.24, 2.45) is 0 Å². The fourth-order valence-corrected chi connectivity index (χ4v) is 7.04. The zero-order chi connectivity index (χ0) is 33.6. The zero-order valence-electron chi connectivity index (χ0n) is 26.0. The molecule has 0 aliphatic rings. The van der Waals surface area contributed by atoms with Gasteiger partial charge in [0.15, 0.2) is 0 Å². The van der Waals surface area contributed by atoms with E-state index in [-0.39, 0.29) is 34.8 Å². The van der Waals surface area contributed by atoms with Crippen molar-refractivity contribution in [2.75, 3.05) is 10.8 Å². The minimum Gasteiger partial charge on any atom is -0.352 e. The van der Waals surface area contributed by atoms with Gasteiger partial charge >= 0.3 is 0 Å². The van der Waals surface area contributed by atoms with Crippen molar-refractivity contribution < 1.29 is 18.0 Å². The number of sulfonamides is 1. The highest BCUT2D eigenvalue weighted by Gasteiger charge is 2.35. The third-order valence-electron chi connectivity index (χ3n) is 7.35. The molecular weight excluding hydrogens is 665 g/mol. The number of carbonyl (C=O) groups excluding carboxylic acids is 2. The smallest absolute Gasteiger partial charge is 0.264 e. The van der Waals surface area contributed by atoms with Crippen LogP contribution in [-0.2, 0) is 32.6 Å². The first-order valence-electron chi connectivity index (χ1n) is 14.7. The number of nitrogens with one attached hydrogen (secondary N) is 1. The Bertz CT molecular complexity index is 1800. The predicted molar refractivity (Wildman–Crippen MR) is 186 cm³/mol. The molecule has 0 bridgehead atoms. The standard InChI is InChI=1S/C35H36Cl3N3O4S/c1-23(2)39-35(43)33(20-26-8-6-5-7-9-26)40(21-27-12-16-30(37)31(38)19-27)34(42)22-41(32-17-13-28(36)18-25(32)4)46(44,45)29-14-10-24(3)11-15-29/h5-19,23,33H,20-22H2,1-4H3,(H,39,43)/t33-/m1/s1. The summed E-state index contributed by atoms with van der Waals surface area (Å²) in [7, 11) is -4.24. The zero-order valence-corrected chi connectivity index (χ0v) is 29.1. The van der Waals surface area contributed by atoms with Crippen LogP contribution in [0.15, 0.2) is 95.9 Å². The average Bonchev–Trinajstić information content (AvgIpc) is 3.00. The van der Waals surface area contributed by atoms with Crippen LogP contribution in [0.3, 0.4) is 0 Å². The maximum Gasteiger partial charge on any atom is 0.264 e. The van der Waals surface area contributed by atoms with Crippen LogP contribution in [0.1, 0.15) is 36.1 Å². The summed E-state index contributed by atoms with van der Waals surface area (Å²) in [5.74, 6) is -0.959. The van der Waals surface area contributed by atoms with Crippen LogP contribution in [0, 0.1) is 13.8 Å². The molecule has 2 amide bonds. The van der Waals surface area contributed by atoms with E-state index in [9.17, 15) is 18.0 Å². The summed E-state index contributed by atoms with van der Waals surface area (Å²) in [6, 6.07) is 24.3. The Labute approximate surface area is 286 Å². The minimum atomic E-state index is -4.24. The van der Waals surface area contributed by atoms with Gasteiger partial charge in [0.05, 0.1) is 20.6 Å². The number of halogens is 3. The molecule has 0 aromatic heterocycles. The number of anilines is 1. The van der Waals surface area contributed by atoms with E-state index in [0.717, 1.165) is 15.4 Å². The normalized spacial score (nSPS) is 12.1. The Hall–Kier alpha value is -3.56. The van der Waals surface area contributed by atoms with Gasteiger partial charge in [-0.2, -0.15) is 0 Å². The van der Waals surface area contributed by atoms with E-state index in [0.29, 0.717) is 26.9 Å². The summed E-state index contributed by atoms with van der Waals surface area (Å²) in [5.41, 5.74) is 3.19. The lowest BCUT2D eigenvalue weighted by Crippen LogP contribution is -2.54. The molecule has 46 heavy (non-hydrogen) atoms. The molecule has 0 heterocycles. The van der Waals surface area contributed by atoms with Gasteiger partial charge in [0.2, 0.25) is 11.8 Å². The van der Waals surface area contributed by atoms with Crippen LogP contribution in [0.25, 0.3) is 0 Å². The fourth-order valence-electron chi connectivity index (χ4n) is 5.02. The van der Waals surface area contributed by atoms with Gasteiger partial charge < -0.3 is 10.2 Å². The van der Waals surface area contributed by atoms with Crippen LogP contribution in [0.2, 0.25) is 15.1 Å². The number of rotatable bonds is 12. The highest BCUT2D eigenvalue weighted by atomic mass is 35.5. The minimum absolute atomic E-state index is 0.0228. The molecule has 4 rings (SSSR count). The second kappa shape index (κ2) is 15.4. The number of amides is 2. The second-order valence-corrected chi connectivity index (χ2v) is 14.5. The Kier molecular flexibility index (Phi) is 11.8. The first-order chi connectivity index (χ1) is 21.8. The van der Waals surface area contributed by atoms with Crippen molar-refractivity contribution >= 4 is 62.3 Å². The molecule has 0 saturated carbocycles. The van der Waals surface area contributed by atoms with Gasteiger partial charge in [-0.05, 0) is 86.8 Å². The maximum atomic E-state index is 14.6. The monoisotopic (exact) mass is 699 g/mol. The van der Waals surface area contributed by atoms with Gasteiger partial charge in [0.1, 0.15) is 12.6 Å². The van der Waals surface area contributed by atoms with Crippen molar-refractivity contribution in [3.63, 3.8) is 0 Å². The molecular formula is C35H36Cl3N3O4S. The summed E-state index contributed by atoms with van der Waals surface area (Å²) < 4.78 is 29.5. The largest absolute Gasteiger partial charge is 0.352 e. The molecule has 0 radical (unpaired) electrons. The van der Waals surface area contributed by atoms with E-state index in [2.05, 4.69) is 5.32 Å². The SMILES string of the molecule is Cc1ccc(S(=O)(=O)N(CC(=O)N(Cc2ccc(Cl)c(Cl)c2)[C@H](Cc2ccccc2)C(=O)NC(C)C)c2ccc(Cl)cc2C)cc1. The van der Waals surface area contributed by atoms with Gasteiger partial charge in [0.25, 0.3) is 10.0 Å². The van der Waals surface area contributed by atoms with E-state index in [1.54, 1.807) is 55.5 Å². The quantitative estimate of drug-likeness (QED) is 0.165. The lowest BCUT2D eigenvalue weighted by Gasteiger charge is -2.34. The molecule has 0 spiro atoms. The predicted octanol–water partition coefficient (Wildman–Crippen LogP) is 7.62. The summed E-state index contributed by atoms with van der Waals surface area (Å²) in [4.78, 5) is 29.8. The van der Waals surface area contributed by atoms with Crippen molar-refractivity contribution in [1.29, 1.82) is 0 Å². The van der Waals surface area contributed by atoms with E-state index < -0.39 is 28.5 Å². The summed E-state index contributed by atoms with van der Waals surface area (Å²) in [5, 5.41) is 4.00. The Balaban J connectivity index is 1.84. The van der Waals surface area contributed by atoms with E-state index in [1.807, 2.05) is 51.1 Å². The molecule has 0 fully saturated rings. The number of carbonyl (C=O) groups is 2. The van der Waals surface area contributed by atoms with Crippen LogP contribution in [0.5, 0.6) is 0 Å². The molecule has 242 valence electrons. The first kappa shape index (κ1) is 35.3. The van der Waals surface area contributed by atoms with Crippen LogP contribution >= 0.6 is 34.8 Å². The average molecular weight is 701 g/mol. The van der Waals surface area contributed by atoms with Gasteiger partial charge in [-0.15, -0.1) is 0 Å². The molecule has 7 nitrogen and oxygen atoms in total. The number of hydrogen-bond donors (Lipinski definition) is 1. The van der Waals surface area contributed by atoms with E-state index in [1.165, 1.54) is 17.0 Å². The van der Waals surface area contributed by atoms with Gasteiger partial charge in [0, 0.05) is 24.0 Å². The first-order valence-corrected chi connectivity index (χ1v) is 17.3. The number of hydrogen-bond acceptors (Lipinski definition) is 4. The maximum absolute atomic E-state index is 14.6. The van der Waals surface area contributed by atoms with Crippen molar-refractivity contribution in [2.45, 2.75) is 57.6 Å². The molecule has 4 aromatic rings. The molecule has 0 saturated heterocycles. The summed E-state index contributed by atoms with van der Waals surface area (Å²) in [6.07, 6.45) is 0.192. The van der Waals surface area contributed by atoms with Gasteiger partial charge in [-0.3, -0.25) is 13.9 Å². The molecule has 1 N–H and O–H groups in total. The van der Waals surface area contributed by atoms with Gasteiger partial charge in [-0.25, -0.2) is 8.42 Å². The van der Waals surface area contributed by atoms with Crippen molar-refractivity contribution in [1.82, 2.24) is 10.2 Å². The summed E-state index contributed by atoms with van der Waals surface area (Å²) in [6.45, 7) is 6.64. The fraction of sp³-hybridized carbons (Fsp3) is 0.257. The molecule has 1 atom stereocenters. The second-order valence-electron chi connectivity index (χ2n) is 11.4. The molecule has 0 aliphatic carbocycles. The lowest BCUT2D eigenvalue weighted by molar-refractivity contribution is -0.140. The molecule has 0 unspecified atom stereocenters. The Morgan fingerprint density at radius 2 is 1.48 bits per heavy atom. The van der Waals surface area contributed by atoms with Crippen LogP contribution < -0.4 is 9.62 Å². The van der Waals surface area contributed by atoms with E-state index >= 15 is 0 Å². The number of nitrogens with zero attached hydrogens (tertiary/aromatic N) is 2. The van der Waals surface area contributed by atoms with Gasteiger partial charge in [-0.1, -0.05) is 88.9 Å². The Morgan fingerprint density at radius 1 is 0.804 bits per heavy atom. The summed E-state index contributed by atoms with van der Waals surface area (Å²) >= 11 is 18.7.